The zero-order valence-electron chi connectivity index (χ0n) is 24.1. The van der Waals surface area contributed by atoms with E-state index in [1.165, 1.54) is 11.1 Å². The number of carbonyl (C=O) groups is 1. The Balaban J connectivity index is 1.45. The minimum atomic E-state index is -1.09. The Bertz CT molecular complexity index is 1810. The van der Waals surface area contributed by atoms with Crippen molar-refractivity contribution in [2.45, 2.75) is 31.3 Å². The van der Waals surface area contributed by atoms with Crippen molar-refractivity contribution in [3.8, 4) is 23.3 Å². The van der Waals surface area contributed by atoms with Crippen LogP contribution in [0.25, 0.3) is 32.9 Å². The molecule has 4 heterocycles. The molecule has 12 heteroatoms. The molecule has 2 unspecified atom stereocenters. The molecule has 0 spiro atoms. The zero-order chi connectivity index (χ0) is 31.0. The molecule has 2 fully saturated rings. The molecule has 2 aliphatic rings. The highest BCUT2D eigenvalue weighted by atomic mass is 35.5. The number of nitrogens with zero attached hydrogens (tertiary/aromatic N) is 7. The van der Waals surface area contributed by atoms with E-state index in [9.17, 15) is 14.4 Å². The van der Waals surface area contributed by atoms with E-state index < -0.39 is 23.6 Å². The highest BCUT2D eigenvalue weighted by Crippen LogP contribution is 2.37. The fourth-order valence-electron chi connectivity index (χ4n) is 6.12. The Kier molecular flexibility index (Phi) is 8.29. The topological polar surface area (TPSA) is 98.5 Å². The molecule has 0 aliphatic carbocycles. The van der Waals surface area contributed by atoms with Crippen LogP contribution in [-0.4, -0.2) is 82.6 Å². The zero-order valence-corrected chi connectivity index (χ0v) is 24.9. The van der Waals surface area contributed by atoms with Crippen molar-refractivity contribution in [2.24, 2.45) is 0 Å². The average Bonchev–Trinajstić information content (AvgIpc) is 3.44. The summed E-state index contributed by atoms with van der Waals surface area (Å²) >= 11 is 6.56. The summed E-state index contributed by atoms with van der Waals surface area (Å²) in [6.45, 7) is 4.95. The molecule has 2 aromatic carbocycles. The molecule has 9 nitrogen and oxygen atoms in total. The number of nitriles is 1. The number of fused-ring (bicyclic) bond motifs is 2. The smallest absolute Gasteiger partial charge is 0.319 e. The number of likely N-dealkylation sites (N-methyl/N-ethyl adjacent to an activating group) is 1. The van der Waals surface area contributed by atoms with Crippen LogP contribution >= 0.6 is 11.6 Å². The van der Waals surface area contributed by atoms with Crippen molar-refractivity contribution < 1.29 is 18.3 Å². The van der Waals surface area contributed by atoms with E-state index in [0.717, 1.165) is 24.8 Å². The van der Waals surface area contributed by atoms with Gasteiger partial charge in [0, 0.05) is 47.8 Å². The molecular weight excluding hydrogens is 588 g/mol. The number of aromatic nitrogens is 3. The third-order valence-corrected chi connectivity index (χ3v) is 8.75. The first kappa shape index (κ1) is 29.7. The largest absolute Gasteiger partial charge is 0.462 e. The van der Waals surface area contributed by atoms with Crippen LogP contribution in [0.4, 0.5) is 14.6 Å². The molecule has 0 saturated carbocycles. The molecule has 2 saturated heterocycles. The van der Waals surface area contributed by atoms with Crippen molar-refractivity contribution in [2.75, 3.05) is 44.7 Å². The first-order chi connectivity index (χ1) is 21.3. The van der Waals surface area contributed by atoms with Gasteiger partial charge in [-0.05, 0) is 37.9 Å². The predicted octanol–water partition coefficient (Wildman–Crippen LogP) is 5.52. The van der Waals surface area contributed by atoms with Gasteiger partial charge in [0.25, 0.3) is 5.91 Å². The van der Waals surface area contributed by atoms with Crippen LogP contribution in [0.15, 0.2) is 55.0 Å². The summed E-state index contributed by atoms with van der Waals surface area (Å²) in [7, 11) is 2.03. The van der Waals surface area contributed by atoms with Gasteiger partial charge in [-0.25, -0.2) is 8.78 Å². The van der Waals surface area contributed by atoms with Gasteiger partial charge in [-0.2, -0.15) is 15.2 Å². The molecule has 226 valence electrons. The maximum Gasteiger partial charge on any atom is 0.319 e. The third-order valence-electron chi connectivity index (χ3n) is 8.43. The lowest BCUT2D eigenvalue weighted by atomic mass is 10.0. The van der Waals surface area contributed by atoms with Crippen LogP contribution in [0.3, 0.4) is 0 Å². The van der Waals surface area contributed by atoms with Gasteiger partial charge in [-0.1, -0.05) is 48.5 Å². The van der Waals surface area contributed by atoms with Gasteiger partial charge in [0.1, 0.15) is 23.6 Å². The monoisotopic (exact) mass is 617 g/mol. The maximum atomic E-state index is 16.6. The Labute approximate surface area is 258 Å². The van der Waals surface area contributed by atoms with Crippen molar-refractivity contribution in [3.63, 3.8) is 0 Å². The molecule has 0 bridgehead atoms. The Morgan fingerprint density at radius 2 is 1.98 bits per heavy atom. The summed E-state index contributed by atoms with van der Waals surface area (Å²) in [5.74, 6) is -2.24. The molecule has 0 N–H and O–H groups in total. The second-order valence-corrected chi connectivity index (χ2v) is 11.5. The minimum Gasteiger partial charge on any atom is -0.462 e. The summed E-state index contributed by atoms with van der Waals surface area (Å²) in [5, 5.41) is 11.8. The number of anilines is 1. The van der Waals surface area contributed by atoms with Crippen molar-refractivity contribution in [1.82, 2.24) is 24.8 Å². The molecule has 1 amide bonds. The number of halogens is 3. The van der Waals surface area contributed by atoms with Crippen LogP contribution in [0.2, 0.25) is 5.02 Å². The van der Waals surface area contributed by atoms with Crippen LogP contribution in [0.5, 0.6) is 6.01 Å². The van der Waals surface area contributed by atoms with Gasteiger partial charge in [-0.15, -0.1) is 0 Å². The molecule has 4 aromatic rings. The van der Waals surface area contributed by atoms with Gasteiger partial charge in [-0.3, -0.25) is 9.78 Å². The van der Waals surface area contributed by atoms with E-state index in [1.54, 1.807) is 12.1 Å². The van der Waals surface area contributed by atoms with Gasteiger partial charge < -0.3 is 19.4 Å². The van der Waals surface area contributed by atoms with E-state index in [0.29, 0.717) is 33.8 Å². The van der Waals surface area contributed by atoms with Gasteiger partial charge >= 0.3 is 6.01 Å². The summed E-state index contributed by atoms with van der Waals surface area (Å²) in [6, 6.07) is 12.6. The number of hydrogen-bond donors (Lipinski definition) is 0. The lowest BCUT2D eigenvalue weighted by Gasteiger charge is -2.41. The molecule has 2 aromatic heterocycles. The first-order valence-electron chi connectivity index (χ1n) is 14.4. The second-order valence-electron chi connectivity index (χ2n) is 11.1. The number of amides is 1. The van der Waals surface area contributed by atoms with Gasteiger partial charge in [0.15, 0.2) is 11.6 Å². The lowest BCUT2D eigenvalue weighted by molar-refractivity contribution is -0.131. The number of benzene rings is 2. The molecule has 6 rings (SSSR count). The Morgan fingerprint density at radius 3 is 2.70 bits per heavy atom. The standard InChI is InChI=1S/C32H30ClF2N7O2/c1-19(34)31(43)42-15-14-41(17-21(42)11-12-36)30-24-16-37-28(23-9-3-6-20-7-4-10-25(33)26(20)23)27(35)29(24)38-32(39-30)44-18-22-8-5-13-40(22)2/h3-4,6-7,9-10,16,21-22H,1,5,8,11,13-15,17-18H2,2H3. The predicted molar refractivity (Wildman–Crippen MR) is 165 cm³/mol. The summed E-state index contributed by atoms with van der Waals surface area (Å²) in [4.78, 5) is 31.5. The molecule has 2 atom stereocenters. The summed E-state index contributed by atoms with van der Waals surface area (Å²) in [5.41, 5.74) is 0.628. The van der Waals surface area contributed by atoms with Crippen LogP contribution in [-0.2, 0) is 4.79 Å². The highest BCUT2D eigenvalue weighted by Gasteiger charge is 2.34. The van der Waals surface area contributed by atoms with Crippen molar-refractivity contribution in [1.29, 1.82) is 5.26 Å². The minimum absolute atomic E-state index is 0.00674. The van der Waals surface area contributed by atoms with Crippen molar-refractivity contribution >= 4 is 45.0 Å². The molecule has 44 heavy (non-hydrogen) atoms. The Morgan fingerprint density at radius 1 is 1.18 bits per heavy atom. The number of piperazine rings is 1. The number of hydrogen-bond acceptors (Lipinski definition) is 8. The third kappa shape index (κ3) is 5.51. The fourth-order valence-corrected chi connectivity index (χ4v) is 6.40. The summed E-state index contributed by atoms with van der Waals surface area (Å²) in [6.07, 6.45) is 3.51. The van der Waals surface area contributed by atoms with Crippen LogP contribution < -0.4 is 9.64 Å². The van der Waals surface area contributed by atoms with E-state index in [4.69, 9.17) is 16.3 Å². The van der Waals surface area contributed by atoms with E-state index in [2.05, 4.69) is 32.5 Å². The number of likely N-dealkylation sites (tertiary alicyclic amines) is 1. The number of pyridine rings is 1. The first-order valence-corrected chi connectivity index (χ1v) is 14.8. The van der Waals surface area contributed by atoms with E-state index in [-0.39, 0.29) is 49.3 Å². The van der Waals surface area contributed by atoms with Gasteiger partial charge in [0.2, 0.25) is 0 Å². The molecular formula is C32H30ClF2N7O2. The normalized spacial score (nSPS) is 19.0. The summed E-state index contributed by atoms with van der Waals surface area (Å²) < 4.78 is 36.4. The highest BCUT2D eigenvalue weighted by molar-refractivity contribution is 6.36. The Hall–Kier alpha value is -4.40. The average molecular weight is 618 g/mol. The second kappa shape index (κ2) is 12.3. The van der Waals surface area contributed by atoms with E-state index >= 15 is 4.39 Å². The quantitative estimate of drug-likeness (QED) is 0.250. The number of carbonyl (C=O) groups excluding carboxylic acids is 1. The van der Waals surface area contributed by atoms with Crippen LogP contribution in [0.1, 0.15) is 19.3 Å². The molecule has 2 aliphatic heterocycles. The SMILES string of the molecule is C=C(F)C(=O)N1CCN(c2nc(OCC3CCCN3C)nc3c(F)c(-c4cccc5cccc(Cl)c45)ncc23)CC1CC#N. The molecule has 0 radical (unpaired) electrons. The lowest BCUT2D eigenvalue weighted by Crippen LogP contribution is -2.55. The van der Waals surface area contributed by atoms with Gasteiger partial charge in [0.05, 0.1) is 23.9 Å². The maximum absolute atomic E-state index is 16.6. The van der Waals surface area contributed by atoms with Crippen LogP contribution in [0, 0.1) is 17.1 Å². The number of rotatable bonds is 7. The van der Waals surface area contributed by atoms with E-state index in [1.807, 2.05) is 36.2 Å². The number of ether oxygens (including phenoxy) is 1. The van der Waals surface area contributed by atoms with Crippen molar-refractivity contribution in [3.05, 3.63) is 65.8 Å². The fraction of sp³-hybridized carbons (Fsp3) is 0.344.